The lowest BCUT2D eigenvalue weighted by molar-refractivity contribution is -0.133. The molecule has 0 aromatic heterocycles. The highest BCUT2D eigenvalue weighted by atomic mass is 16.2. The second kappa shape index (κ2) is 4.61. The SMILES string of the molecule is CC1CCN(C(=O)CN(C)C)CC1. The lowest BCUT2D eigenvalue weighted by atomic mass is 9.99. The first-order valence-electron chi connectivity index (χ1n) is 5.02. The third-order valence-corrected chi connectivity index (χ3v) is 2.59. The summed E-state index contributed by atoms with van der Waals surface area (Å²) in [6.07, 6.45) is 2.33. The third kappa shape index (κ3) is 3.35. The van der Waals surface area contributed by atoms with Crippen molar-refractivity contribution in [3.63, 3.8) is 0 Å². The molecule has 0 unspecified atom stereocenters. The molecule has 0 spiro atoms. The molecular formula is C10H20N2O. The van der Waals surface area contributed by atoms with Gasteiger partial charge in [0.25, 0.3) is 0 Å². The van der Waals surface area contributed by atoms with E-state index in [9.17, 15) is 4.79 Å². The van der Waals surface area contributed by atoms with Gasteiger partial charge in [-0.1, -0.05) is 6.92 Å². The quantitative estimate of drug-likeness (QED) is 0.634. The number of amides is 1. The van der Waals surface area contributed by atoms with Crippen LogP contribution in [-0.4, -0.2) is 49.4 Å². The molecule has 0 saturated carbocycles. The molecule has 76 valence electrons. The summed E-state index contributed by atoms with van der Waals surface area (Å²) in [7, 11) is 3.87. The number of rotatable bonds is 2. The third-order valence-electron chi connectivity index (χ3n) is 2.59. The van der Waals surface area contributed by atoms with Gasteiger partial charge >= 0.3 is 0 Å². The number of hydrogen-bond donors (Lipinski definition) is 0. The molecule has 1 aliphatic rings. The molecule has 0 atom stereocenters. The predicted octanol–water partition coefficient (Wildman–Crippen LogP) is 0.806. The summed E-state index contributed by atoms with van der Waals surface area (Å²) < 4.78 is 0. The van der Waals surface area contributed by atoms with Crippen molar-refractivity contribution < 1.29 is 4.79 Å². The van der Waals surface area contributed by atoms with Crippen LogP contribution in [0, 0.1) is 5.92 Å². The number of carbonyl (C=O) groups is 1. The highest BCUT2D eigenvalue weighted by Gasteiger charge is 2.19. The van der Waals surface area contributed by atoms with Crippen LogP contribution in [0.3, 0.4) is 0 Å². The Morgan fingerprint density at radius 3 is 2.38 bits per heavy atom. The Bertz CT molecular complexity index is 172. The van der Waals surface area contributed by atoms with E-state index in [1.165, 1.54) is 12.8 Å². The van der Waals surface area contributed by atoms with Gasteiger partial charge < -0.3 is 9.80 Å². The molecule has 3 nitrogen and oxygen atoms in total. The number of likely N-dealkylation sites (N-methyl/N-ethyl adjacent to an activating group) is 1. The zero-order chi connectivity index (χ0) is 9.84. The van der Waals surface area contributed by atoms with E-state index in [4.69, 9.17) is 0 Å². The van der Waals surface area contributed by atoms with Crippen LogP contribution in [0.25, 0.3) is 0 Å². The molecular weight excluding hydrogens is 164 g/mol. The lowest BCUT2D eigenvalue weighted by Gasteiger charge is -2.31. The first kappa shape index (κ1) is 10.5. The zero-order valence-electron chi connectivity index (χ0n) is 8.92. The molecule has 0 bridgehead atoms. The molecule has 1 fully saturated rings. The Morgan fingerprint density at radius 2 is 1.92 bits per heavy atom. The fourth-order valence-electron chi connectivity index (χ4n) is 1.63. The van der Waals surface area contributed by atoms with Gasteiger partial charge in [0.2, 0.25) is 5.91 Å². The first-order valence-corrected chi connectivity index (χ1v) is 5.02. The Balaban J connectivity index is 2.31. The van der Waals surface area contributed by atoms with Crippen LogP contribution in [0.1, 0.15) is 19.8 Å². The smallest absolute Gasteiger partial charge is 0.236 e. The van der Waals surface area contributed by atoms with Crippen LogP contribution in [-0.2, 0) is 4.79 Å². The van der Waals surface area contributed by atoms with Crippen molar-refractivity contribution in [2.24, 2.45) is 5.92 Å². The van der Waals surface area contributed by atoms with Crippen molar-refractivity contribution in [1.29, 1.82) is 0 Å². The molecule has 0 aromatic carbocycles. The van der Waals surface area contributed by atoms with E-state index < -0.39 is 0 Å². The monoisotopic (exact) mass is 184 g/mol. The molecule has 0 radical (unpaired) electrons. The van der Waals surface area contributed by atoms with Gasteiger partial charge in [0, 0.05) is 13.1 Å². The van der Waals surface area contributed by atoms with E-state index in [-0.39, 0.29) is 5.91 Å². The van der Waals surface area contributed by atoms with Crippen LogP contribution in [0.15, 0.2) is 0 Å². The second-order valence-corrected chi connectivity index (χ2v) is 4.30. The summed E-state index contributed by atoms with van der Waals surface area (Å²) in [5, 5.41) is 0. The molecule has 1 heterocycles. The van der Waals surface area contributed by atoms with Gasteiger partial charge in [-0.3, -0.25) is 4.79 Å². The topological polar surface area (TPSA) is 23.6 Å². The standard InChI is InChI=1S/C10H20N2O/c1-9-4-6-12(7-5-9)10(13)8-11(2)3/h9H,4-8H2,1-3H3. The maximum atomic E-state index is 11.6. The molecule has 0 aromatic rings. The van der Waals surface area contributed by atoms with Crippen molar-refractivity contribution in [2.75, 3.05) is 33.7 Å². The molecule has 1 rings (SSSR count). The number of likely N-dealkylation sites (tertiary alicyclic amines) is 1. The molecule has 1 saturated heterocycles. The van der Waals surface area contributed by atoms with E-state index in [1.807, 2.05) is 23.9 Å². The summed E-state index contributed by atoms with van der Waals surface area (Å²) in [6, 6.07) is 0. The summed E-state index contributed by atoms with van der Waals surface area (Å²) in [5.74, 6) is 1.07. The molecule has 0 aliphatic carbocycles. The normalized spacial score (nSPS) is 19.5. The fraction of sp³-hybridized carbons (Fsp3) is 0.900. The number of piperidine rings is 1. The fourth-order valence-corrected chi connectivity index (χ4v) is 1.63. The second-order valence-electron chi connectivity index (χ2n) is 4.30. The molecule has 0 N–H and O–H groups in total. The van der Waals surface area contributed by atoms with Gasteiger partial charge in [0.15, 0.2) is 0 Å². The zero-order valence-corrected chi connectivity index (χ0v) is 8.92. The highest BCUT2D eigenvalue weighted by Crippen LogP contribution is 2.15. The Kier molecular flexibility index (Phi) is 3.72. The van der Waals surface area contributed by atoms with E-state index in [0.717, 1.165) is 19.0 Å². The predicted molar refractivity (Wildman–Crippen MR) is 53.5 cm³/mol. The van der Waals surface area contributed by atoms with Crippen LogP contribution in [0.4, 0.5) is 0 Å². The molecule has 1 amide bonds. The minimum atomic E-state index is 0.275. The van der Waals surface area contributed by atoms with Crippen LogP contribution < -0.4 is 0 Å². The average Bonchev–Trinajstić information content (AvgIpc) is 2.04. The van der Waals surface area contributed by atoms with Crippen LogP contribution in [0.5, 0.6) is 0 Å². The lowest BCUT2D eigenvalue weighted by Crippen LogP contribution is -2.42. The van der Waals surface area contributed by atoms with Crippen LogP contribution in [0.2, 0.25) is 0 Å². The summed E-state index contributed by atoms with van der Waals surface area (Å²) >= 11 is 0. The minimum Gasteiger partial charge on any atom is -0.342 e. The van der Waals surface area contributed by atoms with E-state index in [0.29, 0.717) is 6.54 Å². The Hall–Kier alpha value is -0.570. The number of hydrogen-bond acceptors (Lipinski definition) is 2. The summed E-state index contributed by atoms with van der Waals surface area (Å²) in [4.78, 5) is 15.5. The van der Waals surface area contributed by atoms with Gasteiger partial charge in [-0.15, -0.1) is 0 Å². The van der Waals surface area contributed by atoms with Crippen molar-refractivity contribution in [3.05, 3.63) is 0 Å². The Labute approximate surface area is 80.7 Å². The van der Waals surface area contributed by atoms with Gasteiger partial charge in [0.05, 0.1) is 6.54 Å². The van der Waals surface area contributed by atoms with Gasteiger partial charge in [-0.2, -0.15) is 0 Å². The minimum absolute atomic E-state index is 0.275. The summed E-state index contributed by atoms with van der Waals surface area (Å²) in [6.45, 7) is 4.71. The summed E-state index contributed by atoms with van der Waals surface area (Å²) in [5.41, 5.74) is 0. The average molecular weight is 184 g/mol. The largest absolute Gasteiger partial charge is 0.342 e. The maximum absolute atomic E-state index is 11.6. The van der Waals surface area contributed by atoms with Gasteiger partial charge in [-0.25, -0.2) is 0 Å². The molecule has 3 heteroatoms. The molecule has 1 aliphatic heterocycles. The van der Waals surface area contributed by atoms with Crippen molar-refractivity contribution >= 4 is 5.91 Å². The first-order chi connectivity index (χ1) is 6.09. The van der Waals surface area contributed by atoms with Gasteiger partial charge in [-0.05, 0) is 32.9 Å². The van der Waals surface area contributed by atoms with Crippen molar-refractivity contribution in [1.82, 2.24) is 9.80 Å². The maximum Gasteiger partial charge on any atom is 0.236 e. The number of nitrogens with zero attached hydrogens (tertiary/aromatic N) is 2. The highest BCUT2D eigenvalue weighted by molar-refractivity contribution is 5.78. The van der Waals surface area contributed by atoms with Crippen molar-refractivity contribution in [3.8, 4) is 0 Å². The van der Waals surface area contributed by atoms with Crippen LogP contribution >= 0.6 is 0 Å². The van der Waals surface area contributed by atoms with E-state index >= 15 is 0 Å². The van der Waals surface area contributed by atoms with E-state index in [2.05, 4.69) is 6.92 Å². The van der Waals surface area contributed by atoms with Crippen molar-refractivity contribution in [2.45, 2.75) is 19.8 Å². The van der Waals surface area contributed by atoms with Gasteiger partial charge in [0.1, 0.15) is 0 Å². The molecule has 13 heavy (non-hydrogen) atoms. The number of carbonyl (C=O) groups excluding carboxylic acids is 1. The van der Waals surface area contributed by atoms with E-state index in [1.54, 1.807) is 0 Å². The Morgan fingerprint density at radius 1 is 1.38 bits per heavy atom.